The maximum atomic E-state index is 12.7. The fourth-order valence-corrected chi connectivity index (χ4v) is 3.27. The smallest absolute Gasteiger partial charge is 0.261 e. The van der Waals surface area contributed by atoms with E-state index in [2.05, 4.69) is 10.3 Å². The van der Waals surface area contributed by atoms with Crippen molar-refractivity contribution < 1.29 is 19.0 Å². The van der Waals surface area contributed by atoms with E-state index >= 15 is 0 Å². The standard InChI is InChI=1S/C20H20N2O4S/c1-12-5-7-13(8-6-12)15-11-27-20(21-15)22-19(23)14-9-17(25-3)18(26-4)10-16(14)24-2/h5-11H,1-4H3,(H,21,22,23). The summed E-state index contributed by atoms with van der Waals surface area (Å²) in [5, 5.41) is 5.23. The van der Waals surface area contributed by atoms with E-state index in [1.807, 2.05) is 36.6 Å². The Balaban J connectivity index is 1.84. The van der Waals surface area contributed by atoms with E-state index in [0.29, 0.717) is 27.9 Å². The van der Waals surface area contributed by atoms with E-state index in [1.165, 1.54) is 38.2 Å². The van der Waals surface area contributed by atoms with E-state index in [0.717, 1.165) is 11.3 Å². The van der Waals surface area contributed by atoms with Gasteiger partial charge in [0, 0.05) is 23.1 Å². The van der Waals surface area contributed by atoms with Crippen LogP contribution in [0.15, 0.2) is 41.8 Å². The molecule has 7 heteroatoms. The van der Waals surface area contributed by atoms with Crippen LogP contribution in [-0.2, 0) is 0 Å². The van der Waals surface area contributed by atoms with Crippen molar-refractivity contribution in [1.82, 2.24) is 4.98 Å². The average Bonchev–Trinajstić information content (AvgIpc) is 3.15. The van der Waals surface area contributed by atoms with Crippen LogP contribution in [0.1, 0.15) is 15.9 Å². The molecule has 0 atom stereocenters. The molecule has 3 rings (SSSR count). The van der Waals surface area contributed by atoms with Crippen molar-refractivity contribution in [3.05, 3.63) is 52.9 Å². The van der Waals surface area contributed by atoms with Crippen LogP contribution in [0.2, 0.25) is 0 Å². The first-order valence-electron chi connectivity index (χ1n) is 8.19. The van der Waals surface area contributed by atoms with Crippen molar-refractivity contribution in [3.8, 4) is 28.5 Å². The van der Waals surface area contributed by atoms with Gasteiger partial charge < -0.3 is 14.2 Å². The Morgan fingerprint density at radius 3 is 2.22 bits per heavy atom. The molecule has 140 valence electrons. The van der Waals surface area contributed by atoms with Gasteiger partial charge in [0.15, 0.2) is 16.6 Å². The highest BCUT2D eigenvalue weighted by molar-refractivity contribution is 7.14. The number of anilines is 1. The van der Waals surface area contributed by atoms with E-state index < -0.39 is 0 Å². The highest BCUT2D eigenvalue weighted by Crippen LogP contribution is 2.35. The summed E-state index contributed by atoms with van der Waals surface area (Å²) in [6.07, 6.45) is 0. The molecule has 27 heavy (non-hydrogen) atoms. The molecule has 6 nitrogen and oxygen atoms in total. The number of thiazole rings is 1. The van der Waals surface area contributed by atoms with Crippen molar-refractivity contribution in [2.75, 3.05) is 26.6 Å². The lowest BCUT2D eigenvalue weighted by atomic mass is 10.1. The molecule has 0 aliphatic rings. The first kappa shape index (κ1) is 18.7. The molecule has 0 spiro atoms. The second-order valence-corrected chi connectivity index (χ2v) is 6.62. The largest absolute Gasteiger partial charge is 0.496 e. The van der Waals surface area contributed by atoms with Crippen molar-refractivity contribution >= 4 is 22.4 Å². The molecule has 0 radical (unpaired) electrons. The van der Waals surface area contributed by atoms with Gasteiger partial charge in [-0.2, -0.15) is 0 Å². The molecule has 1 N–H and O–H groups in total. The maximum absolute atomic E-state index is 12.7. The van der Waals surface area contributed by atoms with Crippen LogP contribution in [0.3, 0.4) is 0 Å². The molecule has 3 aromatic rings. The highest BCUT2D eigenvalue weighted by Gasteiger charge is 2.19. The number of nitrogens with zero attached hydrogens (tertiary/aromatic N) is 1. The van der Waals surface area contributed by atoms with Gasteiger partial charge in [0.2, 0.25) is 0 Å². The van der Waals surface area contributed by atoms with Crippen LogP contribution in [0.25, 0.3) is 11.3 Å². The van der Waals surface area contributed by atoms with Crippen molar-refractivity contribution in [3.63, 3.8) is 0 Å². The Kier molecular flexibility index (Phi) is 5.61. The lowest BCUT2D eigenvalue weighted by Crippen LogP contribution is -2.13. The number of methoxy groups -OCH3 is 3. The van der Waals surface area contributed by atoms with Gasteiger partial charge in [-0.3, -0.25) is 10.1 Å². The van der Waals surface area contributed by atoms with Crippen LogP contribution in [-0.4, -0.2) is 32.2 Å². The van der Waals surface area contributed by atoms with Gasteiger partial charge >= 0.3 is 0 Å². The fourth-order valence-electron chi connectivity index (χ4n) is 2.56. The number of nitrogens with one attached hydrogen (secondary N) is 1. The normalized spacial score (nSPS) is 10.4. The van der Waals surface area contributed by atoms with Gasteiger partial charge in [-0.05, 0) is 6.92 Å². The van der Waals surface area contributed by atoms with E-state index in [-0.39, 0.29) is 5.91 Å². The van der Waals surface area contributed by atoms with Crippen molar-refractivity contribution in [1.29, 1.82) is 0 Å². The van der Waals surface area contributed by atoms with E-state index in [9.17, 15) is 4.79 Å². The molecule has 0 bridgehead atoms. The van der Waals surface area contributed by atoms with Gasteiger partial charge in [-0.25, -0.2) is 4.98 Å². The number of rotatable bonds is 6. The lowest BCUT2D eigenvalue weighted by Gasteiger charge is -2.13. The quantitative estimate of drug-likeness (QED) is 0.682. The molecule has 0 saturated heterocycles. The van der Waals surface area contributed by atoms with Gasteiger partial charge in [-0.1, -0.05) is 29.8 Å². The summed E-state index contributed by atoms with van der Waals surface area (Å²) in [4.78, 5) is 17.2. The number of amides is 1. The minimum Gasteiger partial charge on any atom is -0.496 e. The zero-order valence-electron chi connectivity index (χ0n) is 15.5. The van der Waals surface area contributed by atoms with Crippen molar-refractivity contribution in [2.24, 2.45) is 0 Å². The summed E-state index contributed by atoms with van der Waals surface area (Å²) < 4.78 is 15.8. The van der Waals surface area contributed by atoms with Gasteiger partial charge in [0.05, 0.1) is 32.6 Å². The summed E-state index contributed by atoms with van der Waals surface area (Å²) in [6, 6.07) is 11.3. The third-order valence-electron chi connectivity index (χ3n) is 4.02. The van der Waals surface area contributed by atoms with Crippen LogP contribution in [0, 0.1) is 6.92 Å². The predicted molar refractivity (Wildman–Crippen MR) is 106 cm³/mol. The van der Waals surface area contributed by atoms with Crippen LogP contribution < -0.4 is 19.5 Å². The number of carbonyl (C=O) groups excluding carboxylic acids is 1. The number of hydrogen-bond donors (Lipinski definition) is 1. The number of carbonyl (C=O) groups is 1. The molecule has 1 amide bonds. The second-order valence-electron chi connectivity index (χ2n) is 5.77. The molecule has 1 aromatic heterocycles. The molecule has 1 heterocycles. The molecule has 0 fully saturated rings. The first-order chi connectivity index (χ1) is 13.0. The maximum Gasteiger partial charge on any atom is 0.261 e. The Morgan fingerprint density at radius 1 is 0.963 bits per heavy atom. The Hall–Kier alpha value is -3.06. The number of aromatic nitrogens is 1. The summed E-state index contributed by atoms with van der Waals surface area (Å²) in [5.41, 5.74) is 3.33. The van der Waals surface area contributed by atoms with Crippen LogP contribution >= 0.6 is 11.3 Å². The second kappa shape index (κ2) is 8.09. The molecule has 0 saturated carbocycles. The summed E-state index contributed by atoms with van der Waals surface area (Å²) in [5.74, 6) is 0.989. The minimum atomic E-state index is -0.336. The zero-order chi connectivity index (χ0) is 19.4. The monoisotopic (exact) mass is 384 g/mol. The molecular weight excluding hydrogens is 364 g/mol. The van der Waals surface area contributed by atoms with Gasteiger partial charge in [0.1, 0.15) is 5.75 Å². The molecular formula is C20H20N2O4S. The first-order valence-corrected chi connectivity index (χ1v) is 9.07. The van der Waals surface area contributed by atoms with Crippen molar-refractivity contribution in [2.45, 2.75) is 6.92 Å². The zero-order valence-corrected chi connectivity index (χ0v) is 16.3. The molecule has 0 unspecified atom stereocenters. The van der Waals surface area contributed by atoms with E-state index in [1.54, 1.807) is 12.1 Å². The fraction of sp³-hybridized carbons (Fsp3) is 0.200. The Bertz CT molecular complexity index is 951. The molecule has 0 aliphatic heterocycles. The summed E-state index contributed by atoms with van der Waals surface area (Å²) in [7, 11) is 4.54. The van der Waals surface area contributed by atoms with Crippen LogP contribution in [0.5, 0.6) is 17.2 Å². The number of benzene rings is 2. The van der Waals surface area contributed by atoms with Crippen LogP contribution in [0.4, 0.5) is 5.13 Å². The summed E-state index contributed by atoms with van der Waals surface area (Å²) >= 11 is 1.36. The highest BCUT2D eigenvalue weighted by atomic mass is 32.1. The molecule has 0 aliphatic carbocycles. The third-order valence-corrected chi connectivity index (χ3v) is 4.78. The average molecular weight is 384 g/mol. The number of ether oxygens (including phenoxy) is 3. The van der Waals surface area contributed by atoms with Gasteiger partial charge in [-0.15, -0.1) is 11.3 Å². The predicted octanol–water partition coefficient (Wildman–Crippen LogP) is 4.40. The Labute approximate surface area is 161 Å². The minimum absolute atomic E-state index is 0.335. The SMILES string of the molecule is COc1cc(OC)c(C(=O)Nc2nc(-c3ccc(C)cc3)cs2)cc1OC. The molecule has 2 aromatic carbocycles. The Morgan fingerprint density at radius 2 is 1.59 bits per heavy atom. The number of hydrogen-bond acceptors (Lipinski definition) is 6. The van der Waals surface area contributed by atoms with Gasteiger partial charge in [0.25, 0.3) is 5.91 Å². The third kappa shape index (κ3) is 4.03. The lowest BCUT2D eigenvalue weighted by molar-refractivity contribution is 0.102. The number of aryl methyl sites for hydroxylation is 1. The summed E-state index contributed by atoms with van der Waals surface area (Å²) in [6.45, 7) is 2.03. The van der Waals surface area contributed by atoms with E-state index in [4.69, 9.17) is 14.2 Å². The topological polar surface area (TPSA) is 69.7 Å².